The van der Waals surface area contributed by atoms with Crippen LogP contribution in [-0.4, -0.2) is 36.1 Å². The van der Waals surface area contributed by atoms with E-state index in [4.69, 9.17) is 0 Å². The van der Waals surface area contributed by atoms with Gasteiger partial charge in [-0.1, -0.05) is 40.0 Å². The molecule has 3 fully saturated rings. The van der Waals surface area contributed by atoms with Gasteiger partial charge in [-0.3, -0.25) is 4.90 Å². The van der Waals surface area contributed by atoms with Gasteiger partial charge in [0.15, 0.2) is 0 Å². The standard InChI is InChI=1S/C19H36N2/c1-4-18(16-8-6-5-7-9-16)21-13-17(15-10-11-15)20-12-19(21)14(2)3/h14-20H,4-13H2,1-3H3. The van der Waals surface area contributed by atoms with Gasteiger partial charge in [0.05, 0.1) is 0 Å². The average Bonchev–Trinajstić information content (AvgIpc) is 3.33. The van der Waals surface area contributed by atoms with Crippen molar-refractivity contribution < 1.29 is 0 Å². The van der Waals surface area contributed by atoms with E-state index in [1.807, 2.05) is 0 Å². The van der Waals surface area contributed by atoms with Crippen molar-refractivity contribution in [2.24, 2.45) is 17.8 Å². The molecule has 2 saturated carbocycles. The molecule has 122 valence electrons. The van der Waals surface area contributed by atoms with Crippen molar-refractivity contribution in [1.82, 2.24) is 10.2 Å². The van der Waals surface area contributed by atoms with Crippen LogP contribution in [-0.2, 0) is 0 Å². The average molecular weight is 293 g/mol. The second-order valence-electron chi connectivity index (χ2n) is 8.23. The van der Waals surface area contributed by atoms with E-state index in [9.17, 15) is 0 Å². The van der Waals surface area contributed by atoms with Gasteiger partial charge < -0.3 is 5.32 Å². The number of nitrogens with one attached hydrogen (secondary N) is 1. The maximum Gasteiger partial charge on any atom is 0.0247 e. The van der Waals surface area contributed by atoms with Crippen molar-refractivity contribution in [3.8, 4) is 0 Å². The molecule has 1 N–H and O–H groups in total. The predicted molar refractivity (Wildman–Crippen MR) is 90.5 cm³/mol. The van der Waals surface area contributed by atoms with Crippen LogP contribution in [0.1, 0.15) is 72.1 Å². The van der Waals surface area contributed by atoms with Gasteiger partial charge in [-0.05, 0) is 49.9 Å². The SMILES string of the molecule is CCC(C1CCCCC1)N1CC(C2CC2)NCC1C(C)C. The van der Waals surface area contributed by atoms with Crippen LogP contribution >= 0.6 is 0 Å². The quantitative estimate of drug-likeness (QED) is 0.822. The predicted octanol–water partition coefficient (Wildman–Crippen LogP) is 4.05. The lowest BCUT2D eigenvalue weighted by Crippen LogP contribution is -2.62. The molecular formula is C19H36N2. The van der Waals surface area contributed by atoms with Crippen molar-refractivity contribution in [2.75, 3.05) is 13.1 Å². The fraction of sp³-hybridized carbons (Fsp3) is 1.00. The smallest absolute Gasteiger partial charge is 0.0247 e. The number of hydrogen-bond acceptors (Lipinski definition) is 2. The van der Waals surface area contributed by atoms with Gasteiger partial charge in [-0.25, -0.2) is 0 Å². The molecule has 0 radical (unpaired) electrons. The highest BCUT2D eigenvalue weighted by Gasteiger charge is 2.41. The fourth-order valence-electron chi connectivity index (χ4n) is 4.99. The molecule has 3 unspecified atom stereocenters. The molecule has 3 aliphatic rings. The summed E-state index contributed by atoms with van der Waals surface area (Å²) in [5, 5.41) is 3.88. The second-order valence-corrected chi connectivity index (χ2v) is 8.23. The van der Waals surface area contributed by atoms with Gasteiger partial charge in [0.2, 0.25) is 0 Å². The highest BCUT2D eigenvalue weighted by molar-refractivity contribution is 4.98. The van der Waals surface area contributed by atoms with Gasteiger partial charge in [0, 0.05) is 31.2 Å². The van der Waals surface area contributed by atoms with Crippen molar-refractivity contribution in [3.05, 3.63) is 0 Å². The van der Waals surface area contributed by atoms with Crippen LogP contribution in [0.3, 0.4) is 0 Å². The summed E-state index contributed by atoms with van der Waals surface area (Å²) in [6.45, 7) is 9.82. The first-order chi connectivity index (χ1) is 10.2. The summed E-state index contributed by atoms with van der Waals surface area (Å²) in [7, 11) is 0. The summed E-state index contributed by atoms with van der Waals surface area (Å²) in [5.74, 6) is 2.74. The molecule has 21 heavy (non-hydrogen) atoms. The lowest BCUT2D eigenvalue weighted by molar-refractivity contribution is 0.0150. The minimum absolute atomic E-state index is 0.756. The van der Waals surface area contributed by atoms with Crippen LogP contribution < -0.4 is 5.32 Å². The highest BCUT2D eigenvalue weighted by Crippen LogP contribution is 2.38. The first-order valence-electron chi connectivity index (χ1n) is 9.69. The zero-order valence-corrected chi connectivity index (χ0v) is 14.5. The van der Waals surface area contributed by atoms with Gasteiger partial charge in [0.25, 0.3) is 0 Å². The Kier molecular flexibility index (Phi) is 5.27. The third kappa shape index (κ3) is 3.64. The topological polar surface area (TPSA) is 15.3 Å². The molecule has 0 bridgehead atoms. The first kappa shape index (κ1) is 15.8. The molecule has 0 aromatic rings. The van der Waals surface area contributed by atoms with Gasteiger partial charge in [-0.15, -0.1) is 0 Å². The molecule has 0 aromatic carbocycles. The minimum Gasteiger partial charge on any atom is -0.311 e. The zero-order chi connectivity index (χ0) is 14.8. The molecule has 0 spiro atoms. The maximum absolute atomic E-state index is 3.88. The Balaban J connectivity index is 1.71. The van der Waals surface area contributed by atoms with Crippen LogP contribution in [0.4, 0.5) is 0 Å². The fourth-order valence-corrected chi connectivity index (χ4v) is 4.99. The molecule has 2 heteroatoms. The molecule has 0 amide bonds. The van der Waals surface area contributed by atoms with Crippen molar-refractivity contribution in [1.29, 1.82) is 0 Å². The Hall–Kier alpha value is -0.0800. The van der Waals surface area contributed by atoms with E-state index in [1.54, 1.807) is 0 Å². The monoisotopic (exact) mass is 292 g/mol. The molecular weight excluding hydrogens is 256 g/mol. The van der Waals surface area contributed by atoms with Gasteiger partial charge in [-0.2, -0.15) is 0 Å². The van der Waals surface area contributed by atoms with Crippen molar-refractivity contribution in [3.63, 3.8) is 0 Å². The molecule has 1 aliphatic heterocycles. The molecule has 3 rings (SSSR count). The summed E-state index contributed by atoms with van der Waals surface area (Å²) >= 11 is 0. The molecule has 1 heterocycles. The van der Waals surface area contributed by atoms with E-state index in [0.717, 1.165) is 35.9 Å². The van der Waals surface area contributed by atoms with E-state index in [-0.39, 0.29) is 0 Å². The molecule has 2 aliphatic carbocycles. The number of hydrogen-bond donors (Lipinski definition) is 1. The van der Waals surface area contributed by atoms with Crippen LogP contribution in [0.15, 0.2) is 0 Å². The van der Waals surface area contributed by atoms with Crippen LogP contribution in [0.5, 0.6) is 0 Å². The molecule has 2 nitrogen and oxygen atoms in total. The minimum atomic E-state index is 0.756. The Bertz CT molecular complexity index is 318. The molecule has 1 saturated heterocycles. The van der Waals surface area contributed by atoms with Crippen molar-refractivity contribution in [2.45, 2.75) is 90.3 Å². The summed E-state index contributed by atoms with van der Waals surface area (Å²) in [6, 6.07) is 2.39. The third-order valence-electron chi connectivity index (χ3n) is 6.42. The number of piperazine rings is 1. The lowest BCUT2D eigenvalue weighted by Gasteiger charge is -2.49. The van der Waals surface area contributed by atoms with Gasteiger partial charge >= 0.3 is 0 Å². The number of rotatable bonds is 5. The van der Waals surface area contributed by atoms with E-state index >= 15 is 0 Å². The molecule has 3 atom stereocenters. The van der Waals surface area contributed by atoms with Crippen LogP contribution in [0.2, 0.25) is 0 Å². The van der Waals surface area contributed by atoms with E-state index in [2.05, 4.69) is 31.0 Å². The van der Waals surface area contributed by atoms with Crippen molar-refractivity contribution >= 4 is 0 Å². The van der Waals surface area contributed by atoms with Crippen LogP contribution in [0, 0.1) is 17.8 Å². The Morgan fingerprint density at radius 2 is 1.76 bits per heavy atom. The van der Waals surface area contributed by atoms with Gasteiger partial charge in [0.1, 0.15) is 0 Å². The Labute approximate surface area is 132 Å². The van der Waals surface area contributed by atoms with E-state index < -0.39 is 0 Å². The largest absolute Gasteiger partial charge is 0.311 e. The molecule has 0 aromatic heterocycles. The van der Waals surface area contributed by atoms with Crippen LogP contribution in [0.25, 0.3) is 0 Å². The second kappa shape index (κ2) is 7.00. The Morgan fingerprint density at radius 1 is 1.05 bits per heavy atom. The summed E-state index contributed by atoms with van der Waals surface area (Å²) in [4.78, 5) is 2.96. The van der Waals surface area contributed by atoms with E-state index in [1.165, 1.54) is 64.5 Å². The highest BCUT2D eigenvalue weighted by atomic mass is 15.3. The van der Waals surface area contributed by atoms with E-state index in [0.29, 0.717) is 0 Å². The lowest BCUT2D eigenvalue weighted by atomic mass is 9.80. The first-order valence-corrected chi connectivity index (χ1v) is 9.69. The Morgan fingerprint density at radius 3 is 2.33 bits per heavy atom. The summed E-state index contributed by atoms with van der Waals surface area (Å²) < 4.78 is 0. The summed E-state index contributed by atoms with van der Waals surface area (Å²) in [6.07, 6.45) is 11.7. The zero-order valence-electron chi connectivity index (χ0n) is 14.5. The maximum atomic E-state index is 3.88. The summed E-state index contributed by atoms with van der Waals surface area (Å²) in [5.41, 5.74) is 0. The number of nitrogens with zero attached hydrogens (tertiary/aromatic N) is 1. The normalized spacial score (nSPS) is 34.3. The third-order valence-corrected chi connectivity index (χ3v) is 6.42.